The van der Waals surface area contributed by atoms with Crippen molar-refractivity contribution >= 4 is 21.8 Å². The largest absolute Gasteiger partial charge is 0.334 e. The molecule has 0 aliphatic heterocycles. The molecule has 17 heavy (non-hydrogen) atoms. The fourth-order valence-corrected chi connectivity index (χ4v) is 2.40. The van der Waals surface area contributed by atoms with E-state index in [1.54, 1.807) is 12.1 Å². The molecule has 0 spiro atoms. The monoisotopic (exact) mass is 292 g/mol. The second kappa shape index (κ2) is 4.89. The van der Waals surface area contributed by atoms with Gasteiger partial charge in [0.15, 0.2) is 0 Å². The van der Waals surface area contributed by atoms with Gasteiger partial charge in [0.1, 0.15) is 5.54 Å². The average molecular weight is 293 g/mol. The van der Waals surface area contributed by atoms with Crippen LogP contribution in [0.2, 0.25) is 0 Å². The van der Waals surface area contributed by atoms with E-state index >= 15 is 0 Å². The van der Waals surface area contributed by atoms with Crippen molar-refractivity contribution in [2.24, 2.45) is 0 Å². The smallest absolute Gasteiger partial charge is 0.252 e. The van der Waals surface area contributed by atoms with Gasteiger partial charge in [-0.05, 0) is 49.9 Å². The molecule has 4 heteroatoms. The number of carbonyl (C=O) groups excluding carboxylic acids is 1. The van der Waals surface area contributed by atoms with E-state index in [4.69, 9.17) is 0 Å². The fraction of sp³-hybridized carbons (Fsp3) is 0.385. The van der Waals surface area contributed by atoms with Crippen molar-refractivity contribution < 1.29 is 4.79 Å². The van der Waals surface area contributed by atoms with Crippen LogP contribution in [0.15, 0.2) is 28.7 Å². The van der Waals surface area contributed by atoms with Crippen molar-refractivity contribution in [2.45, 2.75) is 31.2 Å². The number of carbonyl (C=O) groups is 1. The predicted molar refractivity (Wildman–Crippen MR) is 68.4 cm³/mol. The summed E-state index contributed by atoms with van der Waals surface area (Å²) in [5, 5.41) is 12.0. The topological polar surface area (TPSA) is 52.9 Å². The Hall–Kier alpha value is -1.34. The molecular weight excluding hydrogens is 280 g/mol. The van der Waals surface area contributed by atoms with Crippen LogP contribution in [0, 0.1) is 11.3 Å². The number of nitrogens with zero attached hydrogens (tertiary/aromatic N) is 1. The summed E-state index contributed by atoms with van der Waals surface area (Å²) >= 11 is 3.32. The number of hydrogen-bond donors (Lipinski definition) is 1. The minimum atomic E-state index is -0.649. The number of halogens is 1. The first-order valence-electron chi connectivity index (χ1n) is 5.65. The third-order valence-corrected chi connectivity index (χ3v) is 3.66. The molecule has 0 aromatic heterocycles. The Bertz CT molecular complexity index is 455. The first kappa shape index (κ1) is 12.1. The van der Waals surface area contributed by atoms with Gasteiger partial charge in [0.25, 0.3) is 5.91 Å². The number of benzene rings is 1. The Morgan fingerprint density at radius 3 is 2.41 bits per heavy atom. The normalized spacial score (nSPS) is 17.4. The van der Waals surface area contributed by atoms with Crippen LogP contribution in [0.5, 0.6) is 0 Å². The van der Waals surface area contributed by atoms with Gasteiger partial charge >= 0.3 is 0 Å². The highest BCUT2D eigenvalue weighted by atomic mass is 79.9. The Labute approximate surface area is 109 Å². The molecule has 1 fully saturated rings. The Morgan fingerprint density at radius 2 is 1.88 bits per heavy atom. The quantitative estimate of drug-likeness (QED) is 0.911. The van der Waals surface area contributed by atoms with E-state index in [2.05, 4.69) is 27.3 Å². The van der Waals surface area contributed by atoms with Gasteiger partial charge < -0.3 is 5.32 Å². The molecule has 88 valence electrons. The van der Waals surface area contributed by atoms with Crippen molar-refractivity contribution in [3.05, 3.63) is 34.3 Å². The van der Waals surface area contributed by atoms with Gasteiger partial charge in [0, 0.05) is 10.0 Å². The number of nitrogens with one attached hydrogen (secondary N) is 1. The summed E-state index contributed by atoms with van der Waals surface area (Å²) in [6.07, 6.45) is 3.53. The third-order valence-electron chi connectivity index (χ3n) is 3.13. The Morgan fingerprint density at radius 1 is 1.29 bits per heavy atom. The zero-order valence-corrected chi connectivity index (χ0v) is 11.0. The lowest BCUT2D eigenvalue weighted by Gasteiger charge is -2.21. The van der Waals surface area contributed by atoms with Gasteiger partial charge in [-0.25, -0.2) is 0 Å². The highest BCUT2D eigenvalue weighted by Crippen LogP contribution is 2.29. The van der Waals surface area contributed by atoms with E-state index in [1.165, 1.54) is 0 Å². The Kier molecular flexibility index (Phi) is 3.49. The van der Waals surface area contributed by atoms with Crippen LogP contribution in [-0.4, -0.2) is 11.4 Å². The van der Waals surface area contributed by atoms with Crippen LogP contribution < -0.4 is 5.32 Å². The predicted octanol–water partition coefficient (Wildman–Crippen LogP) is 3.02. The van der Waals surface area contributed by atoms with E-state index in [0.29, 0.717) is 5.56 Å². The average Bonchev–Trinajstić information content (AvgIpc) is 2.79. The first-order chi connectivity index (χ1) is 8.15. The molecule has 1 saturated carbocycles. The molecule has 2 rings (SSSR count). The molecule has 1 aliphatic rings. The van der Waals surface area contributed by atoms with Gasteiger partial charge in [0.2, 0.25) is 0 Å². The van der Waals surface area contributed by atoms with Gasteiger partial charge in [-0.2, -0.15) is 5.26 Å². The maximum atomic E-state index is 12.0. The molecule has 1 aromatic rings. The van der Waals surface area contributed by atoms with Crippen LogP contribution in [0.3, 0.4) is 0 Å². The summed E-state index contributed by atoms with van der Waals surface area (Å²) in [4.78, 5) is 12.0. The maximum Gasteiger partial charge on any atom is 0.252 e. The highest BCUT2D eigenvalue weighted by Gasteiger charge is 2.35. The zero-order valence-electron chi connectivity index (χ0n) is 9.37. The molecule has 0 saturated heterocycles. The third kappa shape index (κ3) is 2.67. The lowest BCUT2D eigenvalue weighted by atomic mass is 9.99. The van der Waals surface area contributed by atoms with Crippen LogP contribution in [0.25, 0.3) is 0 Å². The molecule has 1 amide bonds. The van der Waals surface area contributed by atoms with Crippen LogP contribution >= 0.6 is 15.9 Å². The van der Waals surface area contributed by atoms with E-state index in [0.717, 1.165) is 30.2 Å². The number of amides is 1. The van der Waals surface area contributed by atoms with Crippen LogP contribution in [0.4, 0.5) is 0 Å². The first-order valence-corrected chi connectivity index (χ1v) is 6.44. The second-order valence-electron chi connectivity index (χ2n) is 4.36. The SMILES string of the molecule is N#CC1(NC(=O)c2ccc(Br)cc2)CCCC1. The van der Waals surface area contributed by atoms with Crippen molar-refractivity contribution in [3.8, 4) is 6.07 Å². The van der Waals surface area contributed by atoms with Gasteiger partial charge in [0.05, 0.1) is 6.07 Å². The maximum absolute atomic E-state index is 12.0. The van der Waals surface area contributed by atoms with E-state index in [9.17, 15) is 10.1 Å². The van der Waals surface area contributed by atoms with Crippen molar-refractivity contribution in [3.63, 3.8) is 0 Å². The molecule has 0 heterocycles. The molecule has 0 unspecified atom stereocenters. The zero-order chi connectivity index (χ0) is 12.3. The summed E-state index contributed by atoms with van der Waals surface area (Å²) in [6.45, 7) is 0. The molecule has 1 N–H and O–H groups in total. The molecule has 1 aliphatic carbocycles. The van der Waals surface area contributed by atoms with Gasteiger partial charge in [-0.3, -0.25) is 4.79 Å². The van der Waals surface area contributed by atoms with Crippen molar-refractivity contribution in [2.75, 3.05) is 0 Å². The molecule has 0 bridgehead atoms. The molecule has 0 radical (unpaired) electrons. The molecule has 3 nitrogen and oxygen atoms in total. The molecule has 1 aromatic carbocycles. The van der Waals surface area contributed by atoms with Gasteiger partial charge in [-0.1, -0.05) is 15.9 Å². The number of nitriles is 1. The lowest BCUT2D eigenvalue weighted by molar-refractivity contribution is 0.0920. The minimum Gasteiger partial charge on any atom is -0.334 e. The van der Waals surface area contributed by atoms with Gasteiger partial charge in [-0.15, -0.1) is 0 Å². The second-order valence-corrected chi connectivity index (χ2v) is 5.28. The highest BCUT2D eigenvalue weighted by molar-refractivity contribution is 9.10. The number of hydrogen-bond acceptors (Lipinski definition) is 2. The fourth-order valence-electron chi connectivity index (χ4n) is 2.13. The summed E-state index contributed by atoms with van der Waals surface area (Å²) in [5.41, 5.74) is -0.0563. The standard InChI is InChI=1S/C13H13BrN2O/c14-11-5-3-10(4-6-11)12(17)16-13(9-15)7-1-2-8-13/h3-6H,1-2,7-8H2,(H,16,17). The van der Waals surface area contributed by atoms with Crippen molar-refractivity contribution in [1.29, 1.82) is 5.26 Å². The summed E-state index contributed by atoms with van der Waals surface area (Å²) in [6, 6.07) is 9.39. The van der Waals surface area contributed by atoms with E-state index < -0.39 is 5.54 Å². The Balaban J connectivity index is 2.11. The summed E-state index contributed by atoms with van der Waals surface area (Å²) < 4.78 is 0.935. The summed E-state index contributed by atoms with van der Waals surface area (Å²) in [7, 11) is 0. The van der Waals surface area contributed by atoms with Crippen LogP contribution in [0.1, 0.15) is 36.0 Å². The van der Waals surface area contributed by atoms with Crippen molar-refractivity contribution in [1.82, 2.24) is 5.32 Å². The van der Waals surface area contributed by atoms with Crippen LogP contribution in [-0.2, 0) is 0 Å². The summed E-state index contributed by atoms with van der Waals surface area (Å²) in [5.74, 6) is -0.166. The minimum absolute atomic E-state index is 0.166. The number of rotatable bonds is 2. The lowest BCUT2D eigenvalue weighted by Crippen LogP contribution is -2.45. The van der Waals surface area contributed by atoms with E-state index in [-0.39, 0.29) is 5.91 Å². The van der Waals surface area contributed by atoms with E-state index in [1.807, 2.05) is 12.1 Å². The molecular formula is C13H13BrN2O. The molecule has 0 atom stereocenters.